The number of hydrogen-bond donors (Lipinski definition) is 3. The van der Waals surface area contributed by atoms with Crippen molar-refractivity contribution >= 4 is 5.91 Å². The molecular formula is C16H32N2O2. The monoisotopic (exact) mass is 284 g/mol. The number of nitrogens with two attached hydrogens (primary N) is 1. The highest BCUT2D eigenvalue weighted by Gasteiger charge is 2.41. The van der Waals surface area contributed by atoms with Gasteiger partial charge in [0.1, 0.15) is 0 Å². The van der Waals surface area contributed by atoms with Crippen molar-refractivity contribution in [2.75, 3.05) is 6.54 Å². The fourth-order valence-corrected chi connectivity index (χ4v) is 2.56. The van der Waals surface area contributed by atoms with E-state index in [2.05, 4.69) is 12.2 Å². The summed E-state index contributed by atoms with van der Waals surface area (Å²) in [5.74, 6) is 0.640. The smallest absolute Gasteiger partial charge is 0.227 e. The average Bonchev–Trinajstić information content (AvgIpc) is 2.35. The lowest BCUT2D eigenvalue weighted by Crippen LogP contribution is -2.57. The second-order valence-corrected chi connectivity index (χ2v) is 7.61. The quantitative estimate of drug-likeness (QED) is 0.724. The van der Waals surface area contributed by atoms with E-state index in [1.165, 1.54) is 6.42 Å². The van der Waals surface area contributed by atoms with Gasteiger partial charge < -0.3 is 16.2 Å². The van der Waals surface area contributed by atoms with Crippen molar-refractivity contribution in [3.05, 3.63) is 0 Å². The summed E-state index contributed by atoms with van der Waals surface area (Å²) in [7, 11) is 0. The maximum Gasteiger partial charge on any atom is 0.227 e. The lowest BCUT2D eigenvalue weighted by Gasteiger charge is -2.39. The van der Waals surface area contributed by atoms with Gasteiger partial charge in [-0.25, -0.2) is 0 Å². The van der Waals surface area contributed by atoms with Crippen molar-refractivity contribution in [1.82, 2.24) is 5.32 Å². The van der Waals surface area contributed by atoms with Crippen molar-refractivity contribution in [3.63, 3.8) is 0 Å². The van der Waals surface area contributed by atoms with E-state index < -0.39 is 16.6 Å². The minimum atomic E-state index is -0.740. The fraction of sp³-hybridized carbons (Fsp3) is 0.938. The summed E-state index contributed by atoms with van der Waals surface area (Å²) >= 11 is 0. The van der Waals surface area contributed by atoms with Crippen LogP contribution in [0.25, 0.3) is 0 Å². The van der Waals surface area contributed by atoms with Gasteiger partial charge in [-0.15, -0.1) is 0 Å². The SMILES string of the molecule is CCC1CCC(O)(CNC(=O)C(C)(C)C(C)(C)N)CC1. The Morgan fingerprint density at radius 3 is 2.20 bits per heavy atom. The molecule has 20 heavy (non-hydrogen) atoms. The van der Waals surface area contributed by atoms with E-state index in [0.717, 1.165) is 31.6 Å². The molecule has 118 valence electrons. The number of carbonyl (C=O) groups is 1. The summed E-state index contributed by atoms with van der Waals surface area (Å²) in [6.45, 7) is 9.94. The third kappa shape index (κ3) is 3.95. The number of hydrogen-bond acceptors (Lipinski definition) is 3. The van der Waals surface area contributed by atoms with Gasteiger partial charge in [-0.3, -0.25) is 4.79 Å². The number of amides is 1. The molecule has 0 bridgehead atoms. The Kier molecular flexibility index (Phi) is 5.25. The summed E-state index contributed by atoms with van der Waals surface area (Å²) in [4.78, 5) is 12.3. The molecule has 4 heteroatoms. The summed E-state index contributed by atoms with van der Waals surface area (Å²) in [5, 5.41) is 13.5. The second-order valence-electron chi connectivity index (χ2n) is 7.61. The molecule has 0 radical (unpaired) electrons. The van der Waals surface area contributed by atoms with Crippen LogP contribution in [0, 0.1) is 11.3 Å². The second kappa shape index (κ2) is 6.02. The van der Waals surface area contributed by atoms with Crippen LogP contribution in [-0.4, -0.2) is 28.7 Å². The van der Waals surface area contributed by atoms with Crippen molar-refractivity contribution in [1.29, 1.82) is 0 Å². The van der Waals surface area contributed by atoms with Gasteiger partial charge in [0.25, 0.3) is 0 Å². The van der Waals surface area contributed by atoms with E-state index in [-0.39, 0.29) is 5.91 Å². The van der Waals surface area contributed by atoms with E-state index in [0.29, 0.717) is 6.54 Å². The van der Waals surface area contributed by atoms with Crippen molar-refractivity contribution in [2.24, 2.45) is 17.1 Å². The van der Waals surface area contributed by atoms with Gasteiger partial charge >= 0.3 is 0 Å². The fourth-order valence-electron chi connectivity index (χ4n) is 2.56. The molecule has 0 aliphatic heterocycles. The van der Waals surface area contributed by atoms with Crippen LogP contribution in [0.1, 0.15) is 66.7 Å². The van der Waals surface area contributed by atoms with Crippen LogP contribution in [0.5, 0.6) is 0 Å². The molecule has 0 aromatic heterocycles. The molecule has 0 aromatic carbocycles. The molecule has 1 rings (SSSR count). The Hall–Kier alpha value is -0.610. The van der Waals surface area contributed by atoms with Gasteiger partial charge in [-0.05, 0) is 59.3 Å². The summed E-state index contributed by atoms with van der Waals surface area (Å²) in [5.41, 5.74) is 4.07. The Labute approximate surface area is 123 Å². The first-order chi connectivity index (χ1) is 9.02. The van der Waals surface area contributed by atoms with Gasteiger partial charge in [0.15, 0.2) is 0 Å². The predicted molar refractivity (Wildman–Crippen MR) is 82.3 cm³/mol. The zero-order valence-corrected chi connectivity index (χ0v) is 13.8. The number of aliphatic hydroxyl groups is 1. The highest BCUT2D eigenvalue weighted by atomic mass is 16.3. The van der Waals surface area contributed by atoms with Gasteiger partial charge in [-0.1, -0.05) is 13.3 Å². The zero-order valence-electron chi connectivity index (χ0n) is 13.8. The molecule has 1 fully saturated rings. The van der Waals surface area contributed by atoms with Crippen LogP contribution in [0.4, 0.5) is 0 Å². The minimum Gasteiger partial charge on any atom is -0.388 e. The topological polar surface area (TPSA) is 75.3 Å². The Bertz CT molecular complexity index is 337. The van der Waals surface area contributed by atoms with Crippen LogP contribution >= 0.6 is 0 Å². The van der Waals surface area contributed by atoms with E-state index in [1.807, 2.05) is 27.7 Å². The van der Waals surface area contributed by atoms with E-state index >= 15 is 0 Å². The van der Waals surface area contributed by atoms with Gasteiger partial charge in [0.05, 0.1) is 11.0 Å². The van der Waals surface area contributed by atoms with E-state index in [1.54, 1.807) is 0 Å². The lowest BCUT2D eigenvalue weighted by atomic mass is 9.74. The number of carbonyl (C=O) groups excluding carboxylic acids is 1. The van der Waals surface area contributed by atoms with Gasteiger partial charge in [0.2, 0.25) is 5.91 Å². The molecular weight excluding hydrogens is 252 g/mol. The maximum atomic E-state index is 12.3. The minimum absolute atomic E-state index is 0.0870. The van der Waals surface area contributed by atoms with Crippen LogP contribution in [-0.2, 0) is 4.79 Å². The van der Waals surface area contributed by atoms with E-state index in [9.17, 15) is 9.90 Å². The Morgan fingerprint density at radius 1 is 1.30 bits per heavy atom. The van der Waals surface area contributed by atoms with Gasteiger partial charge in [-0.2, -0.15) is 0 Å². The molecule has 0 unspecified atom stereocenters. The number of nitrogens with one attached hydrogen (secondary N) is 1. The van der Waals surface area contributed by atoms with Crippen LogP contribution in [0.15, 0.2) is 0 Å². The van der Waals surface area contributed by atoms with E-state index in [4.69, 9.17) is 5.73 Å². The predicted octanol–water partition coefficient (Wildman–Crippen LogP) is 2.20. The lowest BCUT2D eigenvalue weighted by molar-refractivity contribution is -0.134. The first kappa shape index (κ1) is 17.4. The third-order valence-electron chi connectivity index (χ3n) is 5.37. The van der Waals surface area contributed by atoms with Gasteiger partial charge in [0, 0.05) is 12.1 Å². The molecule has 1 aliphatic carbocycles. The third-order valence-corrected chi connectivity index (χ3v) is 5.37. The first-order valence-electron chi connectivity index (χ1n) is 7.81. The van der Waals surface area contributed by atoms with Crippen LogP contribution < -0.4 is 11.1 Å². The molecule has 0 atom stereocenters. The average molecular weight is 284 g/mol. The molecule has 0 spiro atoms. The molecule has 1 amide bonds. The maximum absolute atomic E-state index is 12.3. The standard InChI is InChI=1S/C16H32N2O2/c1-6-12-7-9-16(20,10-8-12)11-18-13(19)14(2,3)15(4,5)17/h12,20H,6-11,17H2,1-5H3,(H,18,19). The largest absolute Gasteiger partial charge is 0.388 e. The highest BCUT2D eigenvalue weighted by molar-refractivity contribution is 5.83. The summed E-state index contributed by atoms with van der Waals surface area (Å²) < 4.78 is 0. The van der Waals surface area contributed by atoms with Crippen LogP contribution in [0.3, 0.4) is 0 Å². The molecule has 4 nitrogen and oxygen atoms in total. The van der Waals surface area contributed by atoms with Crippen molar-refractivity contribution in [3.8, 4) is 0 Å². The first-order valence-corrected chi connectivity index (χ1v) is 7.81. The molecule has 4 N–H and O–H groups in total. The summed E-state index contributed by atoms with van der Waals surface area (Å²) in [6.07, 6.45) is 4.83. The molecule has 0 aromatic rings. The molecule has 0 heterocycles. The molecule has 1 saturated carbocycles. The zero-order chi connectivity index (χ0) is 15.6. The molecule has 0 saturated heterocycles. The normalized spacial score (nSPS) is 28.2. The summed E-state index contributed by atoms with van der Waals surface area (Å²) in [6, 6.07) is 0. The Morgan fingerprint density at radius 2 is 1.80 bits per heavy atom. The molecule has 1 aliphatic rings. The van der Waals surface area contributed by atoms with Crippen molar-refractivity contribution < 1.29 is 9.90 Å². The Balaban J connectivity index is 2.53. The number of rotatable bonds is 5. The highest BCUT2D eigenvalue weighted by Crippen LogP contribution is 2.34. The van der Waals surface area contributed by atoms with Crippen LogP contribution in [0.2, 0.25) is 0 Å². The van der Waals surface area contributed by atoms with Crippen molar-refractivity contribution in [2.45, 2.75) is 77.9 Å².